The fourth-order valence-electron chi connectivity index (χ4n) is 1.22. The van der Waals surface area contributed by atoms with Gasteiger partial charge in [-0.1, -0.05) is 6.92 Å². The van der Waals surface area contributed by atoms with Crippen LogP contribution < -0.4 is 5.73 Å². The van der Waals surface area contributed by atoms with Crippen molar-refractivity contribution in [3.8, 4) is 0 Å². The third kappa shape index (κ3) is 0.858. The van der Waals surface area contributed by atoms with Crippen molar-refractivity contribution in [1.82, 2.24) is 0 Å². The standard InChI is InChI=1S/C6H13NO/c1-4-2-3-5(7)6(4)8/h4-6,8H,2-3,7H2,1H3/t4-,5+,6+/m1/s1. The van der Waals surface area contributed by atoms with Gasteiger partial charge in [0.05, 0.1) is 6.10 Å². The van der Waals surface area contributed by atoms with E-state index in [-0.39, 0.29) is 12.1 Å². The molecule has 1 saturated carbocycles. The van der Waals surface area contributed by atoms with Crippen LogP contribution in [0.25, 0.3) is 0 Å². The van der Waals surface area contributed by atoms with Crippen LogP contribution in [0.4, 0.5) is 0 Å². The van der Waals surface area contributed by atoms with Gasteiger partial charge in [0.15, 0.2) is 0 Å². The highest BCUT2D eigenvalue weighted by Crippen LogP contribution is 2.23. The minimum absolute atomic E-state index is 0.0463. The molecule has 0 spiro atoms. The van der Waals surface area contributed by atoms with Crippen LogP contribution in [-0.4, -0.2) is 17.3 Å². The highest BCUT2D eigenvalue weighted by molar-refractivity contribution is 4.84. The smallest absolute Gasteiger partial charge is 0.0716 e. The summed E-state index contributed by atoms with van der Waals surface area (Å²) in [4.78, 5) is 0. The normalized spacial score (nSPS) is 47.6. The summed E-state index contributed by atoms with van der Waals surface area (Å²) in [5.74, 6) is 0.421. The molecular weight excluding hydrogens is 102 g/mol. The first-order valence-electron chi connectivity index (χ1n) is 3.15. The predicted octanol–water partition coefficient (Wildman–Crippen LogP) is 0.104. The second-order valence-corrected chi connectivity index (χ2v) is 2.71. The molecule has 2 nitrogen and oxygen atoms in total. The minimum Gasteiger partial charge on any atom is -0.391 e. The zero-order valence-corrected chi connectivity index (χ0v) is 5.17. The zero-order valence-electron chi connectivity index (χ0n) is 5.17. The van der Waals surface area contributed by atoms with Crippen molar-refractivity contribution in [2.75, 3.05) is 0 Å². The second kappa shape index (κ2) is 2.03. The molecule has 0 unspecified atom stereocenters. The maximum Gasteiger partial charge on any atom is 0.0716 e. The van der Waals surface area contributed by atoms with Crippen molar-refractivity contribution >= 4 is 0 Å². The monoisotopic (exact) mass is 115 g/mol. The Labute approximate surface area is 49.7 Å². The van der Waals surface area contributed by atoms with Crippen LogP contribution in [0.15, 0.2) is 0 Å². The van der Waals surface area contributed by atoms with Crippen LogP contribution >= 0.6 is 0 Å². The highest BCUT2D eigenvalue weighted by Gasteiger charge is 2.28. The van der Waals surface area contributed by atoms with E-state index in [1.54, 1.807) is 0 Å². The Morgan fingerprint density at radius 2 is 2.12 bits per heavy atom. The molecule has 2 heteroatoms. The number of rotatable bonds is 0. The molecule has 0 aromatic heterocycles. The van der Waals surface area contributed by atoms with Crippen molar-refractivity contribution in [1.29, 1.82) is 0 Å². The van der Waals surface area contributed by atoms with Gasteiger partial charge in [0.2, 0.25) is 0 Å². The topological polar surface area (TPSA) is 46.2 Å². The summed E-state index contributed by atoms with van der Waals surface area (Å²) >= 11 is 0. The van der Waals surface area contributed by atoms with Gasteiger partial charge in [-0.3, -0.25) is 0 Å². The molecule has 48 valence electrons. The van der Waals surface area contributed by atoms with E-state index in [1.807, 2.05) is 6.92 Å². The quantitative estimate of drug-likeness (QED) is 0.470. The van der Waals surface area contributed by atoms with Crippen LogP contribution in [0.3, 0.4) is 0 Å². The Morgan fingerprint density at radius 1 is 1.50 bits per heavy atom. The number of aliphatic hydroxyl groups excluding tert-OH is 1. The molecule has 0 radical (unpaired) electrons. The fraction of sp³-hybridized carbons (Fsp3) is 1.00. The van der Waals surface area contributed by atoms with Gasteiger partial charge in [-0.25, -0.2) is 0 Å². The summed E-state index contributed by atoms with van der Waals surface area (Å²) in [5.41, 5.74) is 5.52. The van der Waals surface area contributed by atoms with E-state index in [0.717, 1.165) is 12.8 Å². The van der Waals surface area contributed by atoms with E-state index in [9.17, 15) is 0 Å². The first kappa shape index (κ1) is 6.05. The molecule has 0 amide bonds. The van der Waals surface area contributed by atoms with Gasteiger partial charge in [-0.2, -0.15) is 0 Å². The summed E-state index contributed by atoms with van der Waals surface area (Å²) in [7, 11) is 0. The third-order valence-electron chi connectivity index (χ3n) is 1.98. The number of nitrogens with two attached hydrogens (primary N) is 1. The molecule has 0 bridgehead atoms. The predicted molar refractivity (Wildman–Crippen MR) is 32.4 cm³/mol. The van der Waals surface area contributed by atoms with E-state index in [0.29, 0.717) is 5.92 Å². The van der Waals surface area contributed by atoms with Crippen LogP contribution in [0.2, 0.25) is 0 Å². The van der Waals surface area contributed by atoms with Gasteiger partial charge in [-0.15, -0.1) is 0 Å². The molecule has 3 N–H and O–H groups in total. The summed E-state index contributed by atoms with van der Waals surface area (Å²) in [5, 5.41) is 9.14. The molecule has 3 atom stereocenters. The molecular formula is C6H13NO. The van der Waals surface area contributed by atoms with Crippen molar-refractivity contribution < 1.29 is 5.11 Å². The minimum atomic E-state index is -0.241. The van der Waals surface area contributed by atoms with Crippen molar-refractivity contribution in [3.63, 3.8) is 0 Å². The second-order valence-electron chi connectivity index (χ2n) is 2.71. The molecule has 0 heterocycles. The van der Waals surface area contributed by atoms with Crippen molar-refractivity contribution in [2.24, 2.45) is 11.7 Å². The van der Waals surface area contributed by atoms with Crippen LogP contribution in [0, 0.1) is 5.92 Å². The maximum absolute atomic E-state index is 9.14. The largest absolute Gasteiger partial charge is 0.391 e. The molecule has 1 fully saturated rings. The average Bonchev–Trinajstić information content (AvgIpc) is 1.98. The molecule has 1 rings (SSSR count). The Balaban J connectivity index is 2.44. The Morgan fingerprint density at radius 3 is 2.25 bits per heavy atom. The zero-order chi connectivity index (χ0) is 6.15. The van der Waals surface area contributed by atoms with Gasteiger partial charge in [0, 0.05) is 6.04 Å². The SMILES string of the molecule is C[C@@H]1CC[C@H](N)[C@H]1O. The number of hydrogen-bond donors (Lipinski definition) is 2. The lowest BCUT2D eigenvalue weighted by molar-refractivity contribution is 0.126. The first-order chi connectivity index (χ1) is 3.72. The highest BCUT2D eigenvalue weighted by atomic mass is 16.3. The third-order valence-corrected chi connectivity index (χ3v) is 1.98. The molecule has 0 saturated heterocycles. The summed E-state index contributed by atoms with van der Waals surface area (Å²) < 4.78 is 0. The summed E-state index contributed by atoms with van der Waals surface area (Å²) in [6, 6.07) is 0.0463. The van der Waals surface area contributed by atoms with E-state index in [2.05, 4.69) is 0 Å². The van der Waals surface area contributed by atoms with Gasteiger partial charge < -0.3 is 10.8 Å². The molecule has 0 aromatic rings. The van der Waals surface area contributed by atoms with E-state index >= 15 is 0 Å². The summed E-state index contributed by atoms with van der Waals surface area (Å²) in [6.07, 6.45) is 1.83. The molecule has 1 aliphatic rings. The Hall–Kier alpha value is -0.0800. The maximum atomic E-state index is 9.14. The molecule has 1 aliphatic carbocycles. The molecule has 0 aromatic carbocycles. The summed E-state index contributed by atoms with van der Waals surface area (Å²) in [6.45, 7) is 2.04. The Bertz CT molecular complexity index is 74.6. The molecule has 0 aliphatic heterocycles. The fourth-order valence-corrected chi connectivity index (χ4v) is 1.22. The van der Waals surface area contributed by atoms with Gasteiger partial charge in [-0.05, 0) is 18.8 Å². The Kier molecular flexibility index (Phi) is 1.54. The van der Waals surface area contributed by atoms with Gasteiger partial charge >= 0.3 is 0 Å². The number of hydrogen-bond acceptors (Lipinski definition) is 2. The van der Waals surface area contributed by atoms with E-state index in [1.165, 1.54) is 0 Å². The average molecular weight is 115 g/mol. The first-order valence-corrected chi connectivity index (χ1v) is 3.15. The van der Waals surface area contributed by atoms with Crippen molar-refractivity contribution in [3.05, 3.63) is 0 Å². The van der Waals surface area contributed by atoms with Crippen LogP contribution in [-0.2, 0) is 0 Å². The number of aliphatic hydroxyl groups is 1. The van der Waals surface area contributed by atoms with E-state index < -0.39 is 0 Å². The van der Waals surface area contributed by atoms with Crippen LogP contribution in [0.5, 0.6) is 0 Å². The van der Waals surface area contributed by atoms with E-state index in [4.69, 9.17) is 10.8 Å². The van der Waals surface area contributed by atoms with Crippen LogP contribution in [0.1, 0.15) is 19.8 Å². The van der Waals surface area contributed by atoms with Crippen molar-refractivity contribution in [2.45, 2.75) is 31.9 Å². The van der Waals surface area contributed by atoms with Gasteiger partial charge in [0.25, 0.3) is 0 Å². The lowest BCUT2D eigenvalue weighted by Gasteiger charge is -2.10. The lowest BCUT2D eigenvalue weighted by atomic mass is 10.1. The van der Waals surface area contributed by atoms with Gasteiger partial charge in [0.1, 0.15) is 0 Å². The molecule has 8 heavy (non-hydrogen) atoms. The lowest BCUT2D eigenvalue weighted by Crippen LogP contribution is -2.31.